The third kappa shape index (κ3) is 3.59. The van der Waals surface area contributed by atoms with Gasteiger partial charge in [-0.05, 0) is 18.2 Å². The monoisotopic (exact) mass is 388 g/mol. The fourth-order valence-corrected chi connectivity index (χ4v) is 3.07. The Labute approximate surface area is 160 Å². The number of carbonyl (C=O) groups excluding carboxylic acids is 3. The number of nitrogens with one attached hydrogen (secondary N) is 1. The highest BCUT2D eigenvalue weighted by Gasteiger charge is 2.35. The molecular weight excluding hydrogens is 372 g/mol. The molecule has 2 aromatic rings. The summed E-state index contributed by atoms with van der Waals surface area (Å²) in [5, 5.41) is 2.99. The summed E-state index contributed by atoms with van der Waals surface area (Å²) in [5.41, 5.74) is 1.08. The molecule has 140 valence electrons. The number of anilines is 1. The maximum Gasteiger partial charge on any atom is 0.261 e. The van der Waals surface area contributed by atoms with Gasteiger partial charge in [0.15, 0.2) is 0 Å². The molecule has 1 aliphatic heterocycles. The van der Waals surface area contributed by atoms with Crippen molar-refractivity contribution in [1.82, 2.24) is 4.90 Å². The van der Waals surface area contributed by atoms with E-state index >= 15 is 0 Å². The third-order valence-corrected chi connectivity index (χ3v) is 4.48. The molecule has 8 heteroatoms. The van der Waals surface area contributed by atoms with Gasteiger partial charge in [-0.15, -0.1) is 0 Å². The summed E-state index contributed by atoms with van der Waals surface area (Å²) >= 11 is 6.08. The average molecular weight is 389 g/mol. The van der Waals surface area contributed by atoms with Gasteiger partial charge in [0.25, 0.3) is 11.8 Å². The maximum atomic E-state index is 12.3. The molecule has 0 spiro atoms. The Morgan fingerprint density at radius 2 is 1.63 bits per heavy atom. The van der Waals surface area contributed by atoms with E-state index in [2.05, 4.69) is 5.32 Å². The van der Waals surface area contributed by atoms with Crippen LogP contribution >= 0.6 is 11.6 Å². The van der Waals surface area contributed by atoms with Crippen molar-refractivity contribution in [3.63, 3.8) is 0 Å². The number of carbonyl (C=O) groups is 3. The fourth-order valence-electron chi connectivity index (χ4n) is 2.83. The average Bonchev–Trinajstić information content (AvgIpc) is 2.91. The number of hydrogen-bond donors (Lipinski definition) is 1. The van der Waals surface area contributed by atoms with Gasteiger partial charge in [0.1, 0.15) is 11.5 Å². The number of imide groups is 1. The molecule has 0 radical (unpaired) electrons. The predicted octanol–water partition coefficient (Wildman–Crippen LogP) is 2.98. The molecule has 0 saturated heterocycles. The third-order valence-electron chi connectivity index (χ3n) is 4.19. The molecule has 0 atom stereocenters. The molecule has 0 aliphatic carbocycles. The van der Waals surface area contributed by atoms with Gasteiger partial charge in [-0.3, -0.25) is 19.3 Å². The Hall–Kier alpha value is -3.06. The summed E-state index contributed by atoms with van der Waals surface area (Å²) in [5.74, 6) is -0.379. The van der Waals surface area contributed by atoms with E-state index in [-0.39, 0.29) is 18.9 Å². The van der Waals surface area contributed by atoms with Crippen molar-refractivity contribution in [3.8, 4) is 11.5 Å². The van der Waals surface area contributed by atoms with E-state index in [4.69, 9.17) is 21.1 Å². The van der Waals surface area contributed by atoms with Gasteiger partial charge in [0, 0.05) is 19.0 Å². The van der Waals surface area contributed by atoms with Gasteiger partial charge in [-0.25, -0.2) is 0 Å². The lowest BCUT2D eigenvalue weighted by molar-refractivity contribution is -0.116. The molecule has 2 aromatic carbocycles. The molecular formula is C19H17ClN2O5. The fraction of sp³-hybridized carbons (Fsp3) is 0.211. The van der Waals surface area contributed by atoms with Crippen LogP contribution in [0.5, 0.6) is 11.5 Å². The van der Waals surface area contributed by atoms with E-state index < -0.39 is 11.8 Å². The zero-order chi connectivity index (χ0) is 19.6. The number of methoxy groups -OCH3 is 2. The maximum absolute atomic E-state index is 12.3. The largest absolute Gasteiger partial charge is 0.495 e. The molecule has 7 nitrogen and oxygen atoms in total. The molecule has 0 unspecified atom stereocenters. The van der Waals surface area contributed by atoms with E-state index in [1.165, 1.54) is 20.3 Å². The molecule has 0 fully saturated rings. The number of fused-ring (bicyclic) bond motifs is 1. The molecule has 1 aliphatic rings. The SMILES string of the molecule is COc1cc(OC)c(NC(=O)CCN2C(=O)c3ccccc3C2=O)cc1Cl. The van der Waals surface area contributed by atoms with Crippen molar-refractivity contribution in [2.24, 2.45) is 0 Å². The van der Waals surface area contributed by atoms with Crippen LogP contribution in [0.2, 0.25) is 5.02 Å². The Bertz CT molecular complexity index is 893. The lowest BCUT2D eigenvalue weighted by atomic mass is 10.1. The van der Waals surface area contributed by atoms with Crippen LogP contribution in [-0.4, -0.2) is 43.4 Å². The summed E-state index contributed by atoms with van der Waals surface area (Å²) in [4.78, 5) is 38.0. The van der Waals surface area contributed by atoms with Gasteiger partial charge >= 0.3 is 0 Å². The molecule has 3 rings (SSSR count). The highest BCUT2D eigenvalue weighted by atomic mass is 35.5. The smallest absolute Gasteiger partial charge is 0.261 e. The molecule has 1 N–H and O–H groups in total. The molecule has 0 saturated carbocycles. The zero-order valence-corrected chi connectivity index (χ0v) is 15.5. The number of amides is 3. The summed E-state index contributed by atoms with van der Waals surface area (Å²) in [6, 6.07) is 9.65. The molecule has 3 amide bonds. The number of benzene rings is 2. The normalized spacial score (nSPS) is 12.8. The Kier molecular flexibility index (Phi) is 5.32. The zero-order valence-electron chi connectivity index (χ0n) is 14.7. The first-order chi connectivity index (χ1) is 13.0. The highest BCUT2D eigenvalue weighted by molar-refractivity contribution is 6.32. The molecule has 1 heterocycles. The number of nitrogens with zero attached hydrogens (tertiary/aromatic N) is 1. The lowest BCUT2D eigenvalue weighted by Gasteiger charge is -2.15. The topological polar surface area (TPSA) is 84.9 Å². The number of rotatable bonds is 6. The molecule has 0 bridgehead atoms. The van der Waals surface area contributed by atoms with Gasteiger partial charge in [0.2, 0.25) is 5.91 Å². The van der Waals surface area contributed by atoms with Crippen LogP contribution in [-0.2, 0) is 4.79 Å². The second kappa shape index (κ2) is 7.67. The Morgan fingerprint density at radius 3 is 2.19 bits per heavy atom. The van der Waals surface area contributed by atoms with E-state index in [1.54, 1.807) is 30.3 Å². The highest BCUT2D eigenvalue weighted by Crippen LogP contribution is 2.36. The first-order valence-electron chi connectivity index (χ1n) is 8.13. The van der Waals surface area contributed by atoms with Crippen LogP contribution in [0.3, 0.4) is 0 Å². The van der Waals surface area contributed by atoms with Crippen LogP contribution in [0.4, 0.5) is 5.69 Å². The number of hydrogen-bond acceptors (Lipinski definition) is 5. The van der Waals surface area contributed by atoms with Crippen molar-refractivity contribution in [2.75, 3.05) is 26.1 Å². The second-order valence-corrected chi connectivity index (χ2v) is 6.20. The van der Waals surface area contributed by atoms with Crippen molar-refractivity contribution in [1.29, 1.82) is 0 Å². The first-order valence-corrected chi connectivity index (χ1v) is 8.50. The van der Waals surface area contributed by atoms with E-state index in [1.807, 2.05) is 0 Å². The summed E-state index contributed by atoms with van der Waals surface area (Å²) in [7, 11) is 2.93. The minimum Gasteiger partial charge on any atom is -0.495 e. The summed E-state index contributed by atoms with van der Waals surface area (Å²) < 4.78 is 10.3. The Balaban J connectivity index is 1.67. The Morgan fingerprint density at radius 1 is 1.04 bits per heavy atom. The number of halogens is 1. The standard InChI is InChI=1S/C19H17ClN2O5/c1-26-15-10-16(27-2)14(9-13(15)20)21-17(23)7-8-22-18(24)11-5-3-4-6-12(11)19(22)25/h3-6,9-10H,7-8H2,1-2H3,(H,21,23). The van der Waals surface area contributed by atoms with Gasteiger partial charge in [-0.2, -0.15) is 0 Å². The van der Waals surface area contributed by atoms with Crippen LogP contribution in [0, 0.1) is 0 Å². The van der Waals surface area contributed by atoms with Crippen LogP contribution in [0.15, 0.2) is 36.4 Å². The van der Waals surface area contributed by atoms with Crippen molar-refractivity contribution >= 4 is 35.0 Å². The van der Waals surface area contributed by atoms with E-state index in [9.17, 15) is 14.4 Å². The van der Waals surface area contributed by atoms with Crippen LogP contribution in [0.1, 0.15) is 27.1 Å². The predicted molar refractivity (Wildman–Crippen MR) is 99.6 cm³/mol. The second-order valence-electron chi connectivity index (χ2n) is 5.79. The summed E-state index contributed by atoms with van der Waals surface area (Å²) in [6.07, 6.45) is -0.0573. The van der Waals surface area contributed by atoms with Gasteiger partial charge in [-0.1, -0.05) is 23.7 Å². The van der Waals surface area contributed by atoms with E-state index in [0.717, 1.165) is 4.90 Å². The van der Waals surface area contributed by atoms with E-state index in [0.29, 0.717) is 33.3 Å². The van der Waals surface area contributed by atoms with Crippen molar-refractivity contribution in [3.05, 3.63) is 52.5 Å². The van der Waals surface area contributed by atoms with Crippen LogP contribution < -0.4 is 14.8 Å². The lowest BCUT2D eigenvalue weighted by Crippen LogP contribution is -2.32. The molecule has 0 aromatic heterocycles. The minimum absolute atomic E-state index is 0.0234. The molecule has 27 heavy (non-hydrogen) atoms. The van der Waals surface area contributed by atoms with Crippen molar-refractivity contribution in [2.45, 2.75) is 6.42 Å². The summed E-state index contributed by atoms with van der Waals surface area (Å²) in [6.45, 7) is -0.0234. The quantitative estimate of drug-likeness (QED) is 0.769. The number of ether oxygens (including phenoxy) is 2. The minimum atomic E-state index is -0.395. The van der Waals surface area contributed by atoms with Gasteiger partial charge < -0.3 is 14.8 Å². The first kappa shape index (κ1) is 18.7. The van der Waals surface area contributed by atoms with Crippen LogP contribution in [0.25, 0.3) is 0 Å². The van der Waals surface area contributed by atoms with Gasteiger partial charge in [0.05, 0.1) is 36.1 Å². The van der Waals surface area contributed by atoms with Crippen molar-refractivity contribution < 1.29 is 23.9 Å².